The van der Waals surface area contributed by atoms with E-state index in [-0.39, 0.29) is 17.2 Å². The van der Waals surface area contributed by atoms with Crippen molar-refractivity contribution in [3.05, 3.63) is 11.9 Å². The van der Waals surface area contributed by atoms with Crippen LogP contribution in [0.15, 0.2) is 11.1 Å². The minimum Gasteiger partial charge on any atom is -0.375 e. The van der Waals surface area contributed by atoms with Crippen LogP contribution in [0.2, 0.25) is 0 Å². The zero-order valence-corrected chi connectivity index (χ0v) is 11.2. The first-order valence-electron chi connectivity index (χ1n) is 5.21. The lowest BCUT2D eigenvalue weighted by Crippen LogP contribution is -2.07. The fourth-order valence-electron chi connectivity index (χ4n) is 1.29. The Kier molecular flexibility index (Phi) is 5.48. The zero-order chi connectivity index (χ0) is 13.8. The van der Waals surface area contributed by atoms with Crippen molar-refractivity contribution in [2.24, 2.45) is 0 Å². The number of hydrogen-bond donors (Lipinski definition) is 0. The van der Waals surface area contributed by atoms with E-state index in [1.54, 1.807) is 0 Å². The topological polar surface area (TPSA) is 61.2 Å². The summed E-state index contributed by atoms with van der Waals surface area (Å²) in [7, 11) is 1.18. The van der Waals surface area contributed by atoms with Crippen LogP contribution in [0, 0.1) is 0 Å². The Bertz CT molecular complexity index is 490. The van der Waals surface area contributed by atoms with Gasteiger partial charge in [-0.2, -0.15) is 5.10 Å². The van der Waals surface area contributed by atoms with E-state index in [9.17, 15) is 17.2 Å². The summed E-state index contributed by atoms with van der Waals surface area (Å²) < 4.78 is 52.9. The van der Waals surface area contributed by atoms with Crippen molar-refractivity contribution in [3.63, 3.8) is 0 Å². The van der Waals surface area contributed by atoms with Gasteiger partial charge < -0.3 is 4.74 Å². The lowest BCUT2D eigenvalue weighted by molar-refractivity contribution is 0.112. The summed E-state index contributed by atoms with van der Waals surface area (Å²) in [6.07, 6.45) is -0.889. The molecule has 0 bridgehead atoms. The van der Waals surface area contributed by atoms with Crippen LogP contribution in [0.3, 0.4) is 0 Å². The Balaban J connectivity index is 2.94. The summed E-state index contributed by atoms with van der Waals surface area (Å²) in [5.41, 5.74) is 0.0408. The Labute approximate surface area is 108 Å². The normalized spacial score (nSPS) is 12.3. The smallest absolute Gasteiger partial charge is 0.264 e. The lowest BCUT2D eigenvalue weighted by Gasteiger charge is -2.01. The molecule has 1 heterocycles. The summed E-state index contributed by atoms with van der Waals surface area (Å²) in [5.74, 6) is 0. The van der Waals surface area contributed by atoms with Crippen LogP contribution in [0.1, 0.15) is 19.0 Å². The van der Waals surface area contributed by atoms with Crippen LogP contribution in [-0.2, 0) is 26.9 Å². The van der Waals surface area contributed by atoms with Crippen molar-refractivity contribution in [3.8, 4) is 0 Å². The molecule has 0 aliphatic heterocycles. The Hall–Kier alpha value is -0.730. The second kappa shape index (κ2) is 6.44. The largest absolute Gasteiger partial charge is 0.375 e. The third-order valence-corrected chi connectivity index (χ3v) is 3.34. The van der Waals surface area contributed by atoms with Gasteiger partial charge in [0.2, 0.25) is 0 Å². The van der Waals surface area contributed by atoms with Gasteiger partial charge in [-0.25, -0.2) is 17.2 Å². The summed E-state index contributed by atoms with van der Waals surface area (Å²) >= 11 is 0. The predicted molar refractivity (Wildman–Crippen MR) is 61.2 cm³/mol. The summed E-state index contributed by atoms with van der Waals surface area (Å²) in [6, 6.07) is 0. The monoisotopic (exact) mass is 302 g/mol. The molecular weight excluding hydrogens is 290 g/mol. The van der Waals surface area contributed by atoms with Gasteiger partial charge >= 0.3 is 0 Å². The van der Waals surface area contributed by atoms with Gasteiger partial charge in [-0.1, -0.05) is 6.92 Å². The van der Waals surface area contributed by atoms with Crippen molar-refractivity contribution in [1.82, 2.24) is 9.78 Å². The van der Waals surface area contributed by atoms with Gasteiger partial charge in [0.25, 0.3) is 15.5 Å². The molecule has 0 spiro atoms. The first kappa shape index (κ1) is 15.3. The molecule has 0 aliphatic rings. The highest BCUT2D eigenvalue weighted by Crippen LogP contribution is 2.20. The highest BCUT2D eigenvalue weighted by atomic mass is 35.7. The van der Waals surface area contributed by atoms with Crippen molar-refractivity contribution < 1.29 is 21.9 Å². The molecule has 0 fully saturated rings. The van der Waals surface area contributed by atoms with E-state index in [0.29, 0.717) is 6.61 Å². The number of rotatable bonds is 7. The Morgan fingerprint density at radius 3 is 2.72 bits per heavy atom. The first-order valence-corrected chi connectivity index (χ1v) is 7.52. The zero-order valence-electron chi connectivity index (χ0n) is 9.64. The summed E-state index contributed by atoms with van der Waals surface area (Å²) in [4.78, 5) is -0.291. The van der Waals surface area contributed by atoms with Gasteiger partial charge in [0.05, 0.1) is 6.61 Å². The maximum atomic E-state index is 12.2. The number of aromatic nitrogens is 2. The molecule has 1 aromatic rings. The molecule has 0 atom stereocenters. The van der Waals surface area contributed by atoms with Crippen molar-refractivity contribution in [2.45, 2.75) is 37.8 Å². The Morgan fingerprint density at radius 2 is 2.22 bits per heavy atom. The first-order chi connectivity index (χ1) is 8.34. The van der Waals surface area contributed by atoms with E-state index in [1.165, 1.54) is 0 Å². The number of nitrogens with zero attached hydrogens (tertiary/aromatic N) is 2. The fraction of sp³-hybridized carbons (Fsp3) is 0.667. The van der Waals surface area contributed by atoms with Crippen LogP contribution >= 0.6 is 10.7 Å². The molecule has 0 N–H and O–H groups in total. The molecule has 0 radical (unpaired) electrons. The van der Waals surface area contributed by atoms with Gasteiger partial charge in [-0.15, -0.1) is 0 Å². The minimum atomic E-state index is -4.02. The van der Waals surface area contributed by atoms with E-state index >= 15 is 0 Å². The molecule has 9 heteroatoms. The van der Waals surface area contributed by atoms with Gasteiger partial charge in [-0.05, 0) is 6.42 Å². The second-order valence-electron chi connectivity index (χ2n) is 3.54. The van der Waals surface area contributed by atoms with Crippen LogP contribution < -0.4 is 0 Å². The number of halogens is 3. The van der Waals surface area contributed by atoms with Crippen LogP contribution in [-0.4, -0.2) is 31.2 Å². The van der Waals surface area contributed by atoms with Crippen LogP contribution in [0.4, 0.5) is 8.78 Å². The molecule has 18 heavy (non-hydrogen) atoms. The molecule has 0 saturated carbocycles. The highest BCUT2D eigenvalue weighted by molar-refractivity contribution is 8.13. The third kappa shape index (κ3) is 4.51. The molecule has 0 amide bonds. The standard InChI is InChI=1S/C9H13ClF2N2O3S/c1-2-3-17-6-7-8(18(10,15)16)4-14(13-7)5-9(11)12/h4,9H,2-3,5-6H2,1H3. The molecule has 104 valence electrons. The van der Waals surface area contributed by atoms with Gasteiger partial charge in [-0.3, -0.25) is 4.68 Å². The average Bonchev–Trinajstić information content (AvgIpc) is 2.60. The quantitative estimate of drug-likeness (QED) is 0.571. The van der Waals surface area contributed by atoms with Crippen LogP contribution in [0.5, 0.6) is 0 Å². The number of ether oxygens (including phenoxy) is 1. The van der Waals surface area contributed by atoms with E-state index < -0.39 is 22.0 Å². The average molecular weight is 303 g/mol. The third-order valence-electron chi connectivity index (χ3n) is 1.97. The predicted octanol–water partition coefficient (Wildman–Crippen LogP) is 2.00. The molecule has 0 aromatic carbocycles. The van der Waals surface area contributed by atoms with Crippen molar-refractivity contribution in [1.29, 1.82) is 0 Å². The van der Waals surface area contributed by atoms with E-state index in [0.717, 1.165) is 17.3 Å². The highest BCUT2D eigenvalue weighted by Gasteiger charge is 2.21. The molecule has 0 saturated heterocycles. The molecule has 1 rings (SSSR count). The van der Waals surface area contributed by atoms with Gasteiger partial charge in [0, 0.05) is 23.5 Å². The fourth-order valence-corrected chi connectivity index (χ4v) is 2.31. The van der Waals surface area contributed by atoms with Crippen LogP contribution in [0.25, 0.3) is 0 Å². The molecule has 0 unspecified atom stereocenters. The van der Waals surface area contributed by atoms with Gasteiger partial charge in [0.1, 0.15) is 17.1 Å². The number of hydrogen-bond acceptors (Lipinski definition) is 4. The maximum Gasteiger partial charge on any atom is 0.264 e. The van der Waals surface area contributed by atoms with E-state index in [2.05, 4.69) is 5.10 Å². The molecule has 0 aliphatic carbocycles. The second-order valence-corrected chi connectivity index (χ2v) is 6.08. The van der Waals surface area contributed by atoms with E-state index in [4.69, 9.17) is 15.4 Å². The SMILES string of the molecule is CCCOCc1nn(CC(F)F)cc1S(=O)(=O)Cl. The van der Waals surface area contributed by atoms with Gasteiger partial charge in [0.15, 0.2) is 0 Å². The van der Waals surface area contributed by atoms with E-state index in [1.807, 2.05) is 6.92 Å². The minimum absolute atomic E-state index is 0.0408. The Morgan fingerprint density at radius 1 is 1.56 bits per heavy atom. The molecule has 5 nitrogen and oxygen atoms in total. The van der Waals surface area contributed by atoms with Crippen molar-refractivity contribution >= 4 is 19.7 Å². The number of alkyl halides is 2. The summed E-state index contributed by atoms with van der Waals surface area (Å²) in [6.45, 7) is 1.54. The summed E-state index contributed by atoms with van der Waals surface area (Å²) in [5, 5.41) is 3.74. The lowest BCUT2D eigenvalue weighted by atomic mass is 10.4. The molecular formula is C9H13ClF2N2O3S. The maximum absolute atomic E-state index is 12.2. The molecule has 1 aromatic heterocycles. The van der Waals surface area contributed by atoms with Crippen molar-refractivity contribution in [2.75, 3.05) is 6.61 Å².